The van der Waals surface area contributed by atoms with Crippen molar-refractivity contribution in [3.8, 4) is 0 Å². The molecule has 0 fully saturated rings. The summed E-state index contributed by atoms with van der Waals surface area (Å²) in [6, 6.07) is 0.0833. The molecule has 85 valence electrons. The molecular weight excluding hydrogens is 255 g/mol. The smallest absolute Gasteiger partial charge is 0.0462 e. The van der Waals surface area contributed by atoms with E-state index >= 15 is 0 Å². The Morgan fingerprint density at radius 3 is 1.93 bits per heavy atom. The van der Waals surface area contributed by atoms with E-state index in [9.17, 15) is 0 Å². The third-order valence-corrected chi connectivity index (χ3v) is 1.26. The quantitative estimate of drug-likeness (QED) is 0.760. The third kappa shape index (κ3) is 38.2. The maximum absolute atomic E-state index is 8.39. The summed E-state index contributed by atoms with van der Waals surface area (Å²) in [7, 11) is 1.71. The summed E-state index contributed by atoms with van der Waals surface area (Å²) < 4.78 is 4.86. The first-order valence-electron chi connectivity index (χ1n) is 4.96. The van der Waals surface area contributed by atoms with E-state index in [0.29, 0.717) is 6.61 Å². The summed E-state index contributed by atoms with van der Waals surface area (Å²) in [6.07, 6.45) is 4.36. The zero-order valence-electron chi connectivity index (χ0n) is 9.75. The van der Waals surface area contributed by atoms with Gasteiger partial charge >= 0.3 is 0 Å². The van der Waals surface area contributed by atoms with Gasteiger partial charge in [-0.05, 0) is 12.8 Å². The summed E-state index contributed by atoms with van der Waals surface area (Å²) in [5.41, 5.74) is 6.58. The Morgan fingerprint density at radius 1 is 1.14 bits per heavy atom. The average Bonchev–Trinajstić information content (AvgIpc) is 2.03. The normalized spacial score (nSPS) is 9.00. The van der Waals surface area contributed by atoms with Gasteiger partial charge in [0.1, 0.15) is 0 Å². The zero-order valence-corrected chi connectivity index (χ0v) is 12.6. The van der Waals surface area contributed by atoms with Gasteiger partial charge in [0.25, 0.3) is 0 Å². The Balaban J connectivity index is -0.000000209. The van der Waals surface area contributed by atoms with E-state index < -0.39 is 0 Å². The summed E-state index contributed by atoms with van der Waals surface area (Å²) in [5.74, 6) is 0. The van der Waals surface area contributed by atoms with Crippen LogP contribution in [0.2, 0.25) is 0 Å². The number of ether oxygens (including phenoxy) is 1. The van der Waals surface area contributed by atoms with Crippen LogP contribution in [-0.4, -0.2) is 31.5 Å². The van der Waals surface area contributed by atoms with Crippen molar-refractivity contribution in [2.24, 2.45) is 0 Å². The third-order valence-electron chi connectivity index (χ3n) is 1.26. The second kappa shape index (κ2) is 19.5. The van der Waals surface area contributed by atoms with E-state index in [1.807, 2.05) is 13.8 Å². The van der Waals surface area contributed by atoms with E-state index in [-0.39, 0.29) is 38.8 Å². The zero-order chi connectivity index (χ0) is 10.5. The molecule has 4 heteroatoms. The molecule has 0 bridgehead atoms. The van der Waals surface area contributed by atoms with Crippen molar-refractivity contribution in [3.63, 3.8) is 0 Å². The minimum absolute atomic E-state index is 0. The Labute approximate surface area is 114 Å². The number of nitrogens with one attached hydrogen (secondary N) is 1. The predicted molar refractivity (Wildman–Crippen MR) is 56.9 cm³/mol. The fourth-order valence-corrected chi connectivity index (χ4v) is 0.712. The first kappa shape index (κ1) is 20.4. The molecule has 14 heavy (non-hydrogen) atoms. The van der Waals surface area contributed by atoms with Crippen LogP contribution in [0.15, 0.2) is 0 Å². The molecule has 0 atom stereocenters. The number of hydrogen-bond acceptors (Lipinski definition) is 2. The Hall–Kier alpha value is 0.984. The van der Waals surface area contributed by atoms with E-state index in [1.165, 1.54) is 6.42 Å². The SMILES string of the molecule is CC(C)[NH-].COCCCCCCO.[Y]. The number of rotatable bonds is 6. The van der Waals surface area contributed by atoms with Crippen LogP contribution in [0.5, 0.6) is 0 Å². The van der Waals surface area contributed by atoms with Gasteiger partial charge in [-0.3, -0.25) is 0 Å². The largest absolute Gasteiger partial charge is 0.675 e. The summed E-state index contributed by atoms with van der Waals surface area (Å²) >= 11 is 0. The molecule has 0 aliphatic heterocycles. The molecule has 1 radical (unpaired) electrons. The van der Waals surface area contributed by atoms with Crippen LogP contribution < -0.4 is 0 Å². The molecule has 0 aromatic rings. The van der Waals surface area contributed by atoms with Gasteiger partial charge in [-0.1, -0.05) is 26.7 Å². The minimum Gasteiger partial charge on any atom is -0.675 e. The minimum atomic E-state index is 0. The van der Waals surface area contributed by atoms with Crippen LogP contribution in [0.4, 0.5) is 0 Å². The van der Waals surface area contributed by atoms with Crippen LogP contribution in [0.1, 0.15) is 39.5 Å². The molecular formula is C10H24NO2Y-. The molecule has 0 aliphatic rings. The van der Waals surface area contributed by atoms with E-state index in [2.05, 4.69) is 0 Å². The standard InChI is InChI=1S/C7H16O2.C3H8N.Y/c1-9-7-5-3-2-4-6-8;1-3(2)4;/h8H,2-7H2,1H3;3-4H,1-2H3;/q;-1;. The molecule has 0 saturated carbocycles. The number of hydrogen-bond donors (Lipinski definition) is 1. The second-order valence-corrected chi connectivity index (χ2v) is 3.29. The summed E-state index contributed by atoms with van der Waals surface area (Å²) in [4.78, 5) is 0. The topological polar surface area (TPSA) is 53.3 Å². The van der Waals surface area contributed by atoms with Gasteiger partial charge in [0.15, 0.2) is 0 Å². The van der Waals surface area contributed by atoms with Crippen molar-refractivity contribution in [3.05, 3.63) is 5.73 Å². The second-order valence-electron chi connectivity index (χ2n) is 3.29. The predicted octanol–water partition coefficient (Wildman–Crippen LogP) is 2.63. The first-order valence-corrected chi connectivity index (χ1v) is 4.96. The monoisotopic (exact) mass is 279 g/mol. The van der Waals surface area contributed by atoms with E-state index in [4.69, 9.17) is 15.6 Å². The van der Waals surface area contributed by atoms with Crippen LogP contribution in [0.3, 0.4) is 0 Å². The number of aliphatic hydroxyl groups excluding tert-OH is 1. The van der Waals surface area contributed by atoms with E-state index in [0.717, 1.165) is 25.9 Å². The maximum atomic E-state index is 8.39. The Kier molecular flexibility index (Phi) is 28.5. The molecule has 0 unspecified atom stereocenters. The molecule has 0 rings (SSSR count). The molecule has 0 spiro atoms. The number of aliphatic hydroxyl groups is 1. The molecule has 3 nitrogen and oxygen atoms in total. The summed E-state index contributed by atoms with van der Waals surface area (Å²) in [6.45, 7) is 4.85. The summed E-state index contributed by atoms with van der Waals surface area (Å²) in [5, 5.41) is 8.39. The average molecular weight is 279 g/mol. The van der Waals surface area contributed by atoms with Gasteiger partial charge < -0.3 is 15.6 Å². The number of unbranched alkanes of at least 4 members (excludes halogenated alkanes) is 3. The van der Waals surface area contributed by atoms with Crippen LogP contribution in [-0.2, 0) is 37.4 Å². The Bertz CT molecular complexity index is 73.8. The number of methoxy groups -OCH3 is 1. The van der Waals surface area contributed by atoms with Crippen LogP contribution >= 0.6 is 0 Å². The van der Waals surface area contributed by atoms with Gasteiger partial charge in [0.2, 0.25) is 0 Å². The van der Waals surface area contributed by atoms with Crippen molar-refractivity contribution in [2.45, 2.75) is 45.6 Å². The molecule has 0 saturated heterocycles. The molecule has 0 aromatic heterocycles. The van der Waals surface area contributed by atoms with Crippen molar-refractivity contribution in [2.75, 3.05) is 20.3 Å². The van der Waals surface area contributed by atoms with Crippen molar-refractivity contribution < 1.29 is 42.6 Å². The molecule has 0 aliphatic carbocycles. The molecule has 0 heterocycles. The van der Waals surface area contributed by atoms with E-state index in [1.54, 1.807) is 7.11 Å². The van der Waals surface area contributed by atoms with Crippen molar-refractivity contribution in [1.29, 1.82) is 0 Å². The van der Waals surface area contributed by atoms with Crippen LogP contribution in [0.25, 0.3) is 5.73 Å². The van der Waals surface area contributed by atoms with Gasteiger partial charge in [0.05, 0.1) is 0 Å². The van der Waals surface area contributed by atoms with Gasteiger partial charge in [-0.25, -0.2) is 0 Å². The fraction of sp³-hybridized carbons (Fsp3) is 1.00. The molecule has 2 N–H and O–H groups in total. The van der Waals surface area contributed by atoms with Crippen LogP contribution in [0, 0.1) is 0 Å². The van der Waals surface area contributed by atoms with Gasteiger partial charge in [-0.2, -0.15) is 0 Å². The van der Waals surface area contributed by atoms with Crippen molar-refractivity contribution >= 4 is 0 Å². The van der Waals surface area contributed by atoms with Crippen molar-refractivity contribution in [1.82, 2.24) is 0 Å². The van der Waals surface area contributed by atoms with Gasteiger partial charge in [-0.15, -0.1) is 6.04 Å². The maximum Gasteiger partial charge on any atom is 0.0462 e. The van der Waals surface area contributed by atoms with Gasteiger partial charge in [0, 0.05) is 53.0 Å². The first-order chi connectivity index (χ1) is 6.15. The molecule has 0 amide bonds. The Morgan fingerprint density at radius 2 is 1.57 bits per heavy atom. The molecule has 0 aromatic carbocycles. The fourth-order valence-electron chi connectivity index (χ4n) is 0.712.